The molecule has 0 radical (unpaired) electrons. The van der Waals surface area contributed by atoms with Crippen molar-refractivity contribution >= 4 is 5.97 Å². The van der Waals surface area contributed by atoms with Crippen LogP contribution in [0.1, 0.15) is 0 Å². The van der Waals surface area contributed by atoms with Crippen LogP contribution >= 0.6 is 0 Å². The van der Waals surface area contributed by atoms with Crippen LogP contribution in [-0.2, 0) is 9.53 Å². The van der Waals surface area contributed by atoms with Crippen LogP contribution < -0.4 is 0 Å². The highest BCUT2D eigenvalue weighted by molar-refractivity contribution is 5.81. The zero-order valence-corrected chi connectivity index (χ0v) is 14.0. The molecule has 0 aliphatic heterocycles. The highest BCUT2D eigenvalue weighted by Crippen LogP contribution is 2.64. The molecule has 0 fully saturated rings. The molecule has 1 unspecified atom stereocenters. The van der Waals surface area contributed by atoms with Gasteiger partial charge in [0, 0.05) is 6.08 Å². The van der Waals surface area contributed by atoms with Crippen LogP contribution in [0.5, 0.6) is 0 Å². The Bertz CT molecular complexity index is 702. The van der Waals surface area contributed by atoms with Crippen molar-refractivity contribution < 1.29 is 88.6 Å². The summed E-state index contributed by atoms with van der Waals surface area (Å²) in [7, 11) is 0. The van der Waals surface area contributed by atoms with Crippen LogP contribution in [0.4, 0.5) is 79.0 Å². The van der Waals surface area contributed by atoms with Gasteiger partial charge in [0.05, 0.1) is 0 Å². The van der Waals surface area contributed by atoms with Crippen molar-refractivity contribution in [3.05, 3.63) is 12.7 Å². The van der Waals surface area contributed by atoms with Crippen LogP contribution in [0.3, 0.4) is 0 Å². The Morgan fingerprint density at radius 3 is 1.28 bits per heavy atom. The van der Waals surface area contributed by atoms with Crippen molar-refractivity contribution in [3.8, 4) is 0 Å². The summed E-state index contributed by atoms with van der Waals surface area (Å²) in [4.78, 5) is 10.4. The molecule has 190 valence electrons. The summed E-state index contributed by atoms with van der Waals surface area (Å²) in [6, 6.07) is 0. The molecule has 0 rings (SSSR count). The predicted molar refractivity (Wildman–Crippen MR) is 61.9 cm³/mol. The summed E-state index contributed by atoms with van der Waals surface area (Å²) in [5.74, 6) is -37.0. The van der Waals surface area contributed by atoms with E-state index in [-0.39, 0.29) is 6.08 Å². The number of carbonyl (C=O) groups is 1. The number of carbonyl (C=O) groups excluding carboxylic acids is 1. The molecule has 0 heterocycles. The molecule has 0 aliphatic carbocycles. The fourth-order valence-electron chi connectivity index (χ4n) is 1.74. The third-order valence-corrected chi connectivity index (χ3v) is 3.44. The van der Waals surface area contributed by atoms with E-state index in [0.29, 0.717) is 0 Å². The molecule has 0 bridgehead atoms. The van der Waals surface area contributed by atoms with Gasteiger partial charge in [-0.3, -0.25) is 0 Å². The van der Waals surface area contributed by atoms with Crippen molar-refractivity contribution in [2.75, 3.05) is 0 Å². The topological polar surface area (TPSA) is 26.3 Å². The largest absolute Gasteiger partial charge is 0.438 e. The fraction of sp³-hybridized carbons (Fsp3) is 0.750. The molecule has 0 aliphatic rings. The van der Waals surface area contributed by atoms with Gasteiger partial charge in [0.2, 0.25) is 0 Å². The Morgan fingerprint density at radius 2 is 1.00 bits per heavy atom. The Labute approximate surface area is 162 Å². The van der Waals surface area contributed by atoms with Crippen LogP contribution in [0.15, 0.2) is 12.7 Å². The molecule has 0 saturated carbocycles. The standard InChI is InChI=1S/C12H4F18O2/c1-2-3(31)32-6(16,17)4(13)5(14,15)8(19,20)10(23,24)9(21,22)7(18,11(25,26)27)12(28,29)30/h2,4H,1H2. The van der Waals surface area contributed by atoms with Gasteiger partial charge in [0.15, 0.2) is 0 Å². The molecule has 0 amide bonds. The van der Waals surface area contributed by atoms with Crippen molar-refractivity contribution in [3.63, 3.8) is 0 Å². The van der Waals surface area contributed by atoms with Gasteiger partial charge in [-0.2, -0.15) is 70.2 Å². The van der Waals surface area contributed by atoms with Gasteiger partial charge in [-0.15, -0.1) is 0 Å². The van der Waals surface area contributed by atoms with Gasteiger partial charge in [0.1, 0.15) is 0 Å². The minimum Gasteiger partial charge on any atom is -0.395 e. The molecule has 32 heavy (non-hydrogen) atoms. The Kier molecular flexibility index (Phi) is 7.27. The van der Waals surface area contributed by atoms with Crippen molar-refractivity contribution in [1.82, 2.24) is 0 Å². The van der Waals surface area contributed by atoms with Crippen LogP contribution in [-0.4, -0.2) is 60.0 Å². The van der Waals surface area contributed by atoms with Crippen LogP contribution in [0, 0.1) is 0 Å². The number of hydrogen-bond acceptors (Lipinski definition) is 2. The zero-order chi connectivity index (χ0) is 26.6. The first-order valence-electron chi connectivity index (χ1n) is 6.82. The average molecular weight is 522 g/mol. The summed E-state index contributed by atoms with van der Waals surface area (Å²) in [6.07, 6.45) is -29.8. The van der Waals surface area contributed by atoms with E-state index >= 15 is 0 Å². The second-order valence-corrected chi connectivity index (χ2v) is 5.55. The monoisotopic (exact) mass is 522 g/mol. The lowest BCUT2D eigenvalue weighted by atomic mass is 9.85. The molecule has 20 heteroatoms. The minimum absolute atomic E-state index is 0.385. The first-order valence-corrected chi connectivity index (χ1v) is 6.82. The highest BCUT2D eigenvalue weighted by Gasteiger charge is 2.96. The maximum atomic E-state index is 13.4. The molecule has 0 aromatic carbocycles. The lowest BCUT2D eigenvalue weighted by Gasteiger charge is -2.43. The third kappa shape index (κ3) is 4.03. The maximum absolute atomic E-state index is 13.4. The molecule has 0 saturated heterocycles. The quantitative estimate of drug-likeness (QED) is 0.222. The molecule has 0 aromatic rings. The van der Waals surface area contributed by atoms with E-state index < -0.39 is 60.0 Å². The van der Waals surface area contributed by atoms with Gasteiger partial charge in [-0.25, -0.2) is 13.6 Å². The first-order chi connectivity index (χ1) is 13.6. The molecule has 0 aromatic heterocycles. The highest BCUT2D eigenvalue weighted by atomic mass is 19.4. The lowest BCUT2D eigenvalue weighted by Crippen LogP contribution is -2.76. The Hall–Kier alpha value is -2.05. The predicted octanol–water partition coefficient (Wildman–Crippen LogP) is 6.02. The summed E-state index contributed by atoms with van der Waals surface area (Å²) >= 11 is 0. The van der Waals surface area contributed by atoms with Gasteiger partial charge in [-0.1, -0.05) is 6.58 Å². The van der Waals surface area contributed by atoms with Crippen LogP contribution in [0.25, 0.3) is 0 Å². The molecule has 1 atom stereocenters. The van der Waals surface area contributed by atoms with Gasteiger partial charge >= 0.3 is 53.8 Å². The van der Waals surface area contributed by atoms with E-state index in [4.69, 9.17) is 0 Å². The second kappa shape index (κ2) is 7.77. The molecule has 2 nitrogen and oxygen atoms in total. The lowest BCUT2D eigenvalue weighted by molar-refractivity contribution is -0.463. The number of hydrogen-bond donors (Lipinski definition) is 0. The van der Waals surface area contributed by atoms with E-state index in [2.05, 4.69) is 11.3 Å². The summed E-state index contributed by atoms with van der Waals surface area (Å²) in [5.41, 5.74) is -8.67. The van der Waals surface area contributed by atoms with Crippen molar-refractivity contribution in [2.24, 2.45) is 0 Å². The number of ether oxygens (including phenoxy) is 1. The molecular weight excluding hydrogens is 518 g/mol. The number of esters is 1. The number of halogens is 18. The summed E-state index contributed by atoms with van der Waals surface area (Å²) in [5, 5.41) is 0. The number of alkyl halides is 18. The molecular formula is C12H4F18O2. The zero-order valence-electron chi connectivity index (χ0n) is 14.0. The van der Waals surface area contributed by atoms with Gasteiger partial charge < -0.3 is 4.74 Å². The third-order valence-electron chi connectivity index (χ3n) is 3.44. The normalized spacial score (nSPS) is 16.6. The maximum Gasteiger partial charge on any atom is 0.438 e. The average Bonchev–Trinajstić information content (AvgIpc) is 2.56. The van der Waals surface area contributed by atoms with Crippen LogP contribution in [0.2, 0.25) is 0 Å². The second-order valence-electron chi connectivity index (χ2n) is 5.55. The van der Waals surface area contributed by atoms with E-state index in [1.54, 1.807) is 0 Å². The summed E-state index contributed by atoms with van der Waals surface area (Å²) < 4.78 is 235. The first kappa shape index (κ1) is 29.9. The van der Waals surface area contributed by atoms with Crippen molar-refractivity contribution in [2.45, 2.75) is 54.0 Å². The Balaban J connectivity index is 6.83. The van der Waals surface area contributed by atoms with Crippen molar-refractivity contribution in [1.29, 1.82) is 0 Å². The molecule has 0 spiro atoms. The fourth-order valence-corrected chi connectivity index (χ4v) is 1.74. The molecule has 0 N–H and O–H groups in total. The minimum atomic E-state index is -8.91. The van der Waals surface area contributed by atoms with E-state index in [0.717, 1.165) is 0 Å². The van der Waals surface area contributed by atoms with Gasteiger partial charge in [-0.05, 0) is 0 Å². The van der Waals surface area contributed by atoms with E-state index in [1.807, 2.05) is 0 Å². The van der Waals surface area contributed by atoms with Gasteiger partial charge in [0.25, 0.3) is 6.17 Å². The van der Waals surface area contributed by atoms with E-state index in [9.17, 15) is 83.8 Å². The van der Waals surface area contributed by atoms with E-state index in [1.165, 1.54) is 0 Å². The SMILES string of the molecule is C=CC(=O)OC(F)(F)C(F)C(F)(F)C(F)(F)C(F)(F)C(F)(F)C(F)(C(F)(F)F)C(F)(F)F. The Morgan fingerprint density at radius 1 is 0.656 bits per heavy atom. The smallest absolute Gasteiger partial charge is 0.395 e. The summed E-state index contributed by atoms with van der Waals surface area (Å²) in [6.45, 7) is 2.32. The number of rotatable bonds is 8.